The molecule has 96 valence electrons. The molecule has 0 saturated heterocycles. The highest BCUT2D eigenvalue weighted by atomic mass is 35.5. The van der Waals surface area contributed by atoms with Crippen LogP contribution in [0.25, 0.3) is 0 Å². The average Bonchev–Trinajstić information content (AvgIpc) is 2.35. The van der Waals surface area contributed by atoms with E-state index in [2.05, 4.69) is 5.32 Å². The molecule has 0 amide bonds. The highest BCUT2D eigenvalue weighted by molar-refractivity contribution is 6.17. The molecule has 1 unspecified atom stereocenters. The minimum Gasteiger partial charge on any atom is -0.496 e. The fraction of sp³-hybridized carbons (Fsp3) is 0.538. The van der Waals surface area contributed by atoms with Crippen molar-refractivity contribution in [2.75, 3.05) is 27.1 Å². The van der Waals surface area contributed by atoms with Gasteiger partial charge in [-0.15, -0.1) is 11.6 Å². The van der Waals surface area contributed by atoms with Gasteiger partial charge in [-0.05, 0) is 38.1 Å². The van der Waals surface area contributed by atoms with Gasteiger partial charge in [0.25, 0.3) is 0 Å². The van der Waals surface area contributed by atoms with Crippen LogP contribution in [0, 0.1) is 6.92 Å². The predicted molar refractivity (Wildman–Crippen MR) is 71.4 cm³/mol. The van der Waals surface area contributed by atoms with E-state index in [1.807, 2.05) is 26.1 Å². The van der Waals surface area contributed by atoms with E-state index in [0.29, 0.717) is 5.88 Å². The lowest BCUT2D eigenvalue weighted by Gasteiger charge is -2.20. The van der Waals surface area contributed by atoms with Crippen LogP contribution in [0.4, 0.5) is 0 Å². The largest absolute Gasteiger partial charge is 0.496 e. The molecular weight excluding hydrogens is 238 g/mol. The van der Waals surface area contributed by atoms with Crippen LogP contribution in [-0.2, 0) is 0 Å². The van der Waals surface area contributed by atoms with Crippen LogP contribution in [0.2, 0.25) is 0 Å². The first-order chi connectivity index (χ1) is 8.17. The highest BCUT2D eigenvalue weighted by Crippen LogP contribution is 2.33. The fourth-order valence-corrected chi connectivity index (χ4v) is 2.13. The van der Waals surface area contributed by atoms with E-state index in [-0.39, 0.29) is 6.04 Å². The van der Waals surface area contributed by atoms with Gasteiger partial charge in [-0.25, -0.2) is 0 Å². The first-order valence-electron chi connectivity index (χ1n) is 5.63. The SMILES string of the molecule is CNC(CCCl)c1cc(OC)c(C)cc1OC. The minimum absolute atomic E-state index is 0.178. The molecule has 1 N–H and O–H groups in total. The topological polar surface area (TPSA) is 30.5 Å². The van der Waals surface area contributed by atoms with Gasteiger partial charge in [-0.1, -0.05) is 0 Å². The third-order valence-corrected chi connectivity index (χ3v) is 3.09. The predicted octanol–water partition coefficient (Wildman–Crippen LogP) is 2.90. The van der Waals surface area contributed by atoms with Gasteiger partial charge in [0.15, 0.2) is 0 Å². The molecule has 0 aliphatic rings. The molecule has 0 heterocycles. The summed E-state index contributed by atoms with van der Waals surface area (Å²) in [5.74, 6) is 2.34. The van der Waals surface area contributed by atoms with Crippen molar-refractivity contribution < 1.29 is 9.47 Å². The monoisotopic (exact) mass is 257 g/mol. The standard InChI is InChI=1S/C13H20ClNO2/c1-9-7-13(17-4)10(8-12(9)16-3)11(15-2)5-6-14/h7-8,11,15H,5-6H2,1-4H3. The minimum atomic E-state index is 0.178. The lowest BCUT2D eigenvalue weighted by atomic mass is 10.0. The summed E-state index contributed by atoms with van der Waals surface area (Å²) in [6.45, 7) is 2.00. The number of benzene rings is 1. The summed E-state index contributed by atoms with van der Waals surface area (Å²) >= 11 is 5.81. The van der Waals surface area contributed by atoms with Crippen molar-refractivity contribution in [1.82, 2.24) is 5.32 Å². The lowest BCUT2D eigenvalue weighted by Crippen LogP contribution is -2.18. The number of halogens is 1. The highest BCUT2D eigenvalue weighted by Gasteiger charge is 2.16. The average molecular weight is 258 g/mol. The molecule has 1 aromatic rings. The number of hydrogen-bond donors (Lipinski definition) is 1. The Morgan fingerprint density at radius 2 is 1.88 bits per heavy atom. The maximum atomic E-state index is 5.81. The molecule has 1 aromatic carbocycles. The third-order valence-electron chi connectivity index (χ3n) is 2.87. The number of hydrogen-bond acceptors (Lipinski definition) is 3. The second-order valence-electron chi connectivity index (χ2n) is 3.88. The van der Waals surface area contributed by atoms with Crippen molar-refractivity contribution in [3.05, 3.63) is 23.3 Å². The van der Waals surface area contributed by atoms with Crippen molar-refractivity contribution in [1.29, 1.82) is 0 Å². The summed E-state index contributed by atoms with van der Waals surface area (Å²) in [6, 6.07) is 4.19. The second-order valence-corrected chi connectivity index (χ2v) is 4.26. The molecule has 0 spiro atoms. The van der Waals surface area contributed by atoms with Crippen LogP contribution in [-0.4, -0.2) is 27.1 Å². The van der Waals surface area contributed by atoms with Gasteiger partial charge >= 0.3 is 0 Å². The Morgan fingerprint density at radius 1 is 1.24 bits per heavy atom. The molecule has 0 aliphatic heterocycles. The van der Waals surface area contributed by atoms with Gasteiger partial charge in [-0.3, -0.25) is 0 Å². The van der Waals surface area contributed by atoms with Gasteiger partial charge in [0, 0.05) is 17.5 Å². The number of aryl methyl sites for hydroxylation is 1. The summed E-state index contributed by atoms with van der Waals surface area (Å²) in [6.07, 6.45) is 0.848. The quantitative estimate of drug-likeness (QED) is 0.795. The van der Waals surface area contributed by atoms with E-state index in [0.717, 1.165) is 29.0 Å². The molecule has 0 bridgehead atoms. The van der Waals surface area contributed by atoms with Crippen molar-refractivity contribution in [3.8, 4) is 11.5 Å². The van der Waals surface area contributed by atoms with Crippen LogP contribution >= 0.6 is 11.6 Å². The zero-order valence-electron chi connectivity index (χ0n) is 10.8. The molecule has 17 heavy (non-hydrogen) atoms. The Balaban J connectivity index is 3.18. The van der Waals surface area contributed by atoms with E-state index < -0.39 is 0 Å². The Bertz CT molecular complexity index is 369. The molecule has 0 aromatic heterocycles. The van der Waals surface area contributed by atoms with Crippen LogP contribution < -0.4 is 14.8 Å². The van der Waals surface area contributed by atoms with E-state index in [4.69, 9.17) is 21.1 Å². The molecule has 0 saturated carbocycles. The van der Waals surface area contributed by atoms with Crippen molar-refractivity contribution in [2.45, 2.75) is 19.4 Å². The number of methoxy groups -OCH3 is 2. The van der Waals surface area contributed by atoms with Gasteiger partial charge in [0.1, 0.15) is 11.5 Å². The lowest BCUT2D eigenvalue weighted by molar-refractivity contribution is 0.388. The maximum absolute atomic E-state index is 5.81. The summed E-state index contributed by atoms with van der Waals surface area (Å²) < 4.78 is 10.8. The molecule has 4 heteroatoms. The Kier molecular flexibility index (Phi) is 5.59. The van der Waals surface area contributed by atoms with Crippen LogP contribution in [0.1, 0.15) is 23.6 Å². The molecule has 0 fully saturated rings. The van der Waals surface area contributed by atoms with Crippen molar-refractivity contribution in [2.24, 2.45) is 0 Å². The number of ether oxygens (including phenoxy) is 2. The van der Waals surface area contributed by atoms with Gasteiger partial charge in [-0.2, -0.15) is 0 Å². The zero-order valence-corrected chi connectivity index (χ0v) is 11.6. The Labute approximate surface area is 108 Å². The molecular formula is C13H20ClNO2. The first kappa shape index (κ1) is 14.1. The summed E-state index contributed by atoms with van der Waals surface area (Å²) in [5.41, 5.74) is 2.15. The maximum Gasteiger partial charge on any atom is 0.124 e. The Hall–Kier alpha value is -0.930. The van der Waals surface area contributed by atoms with E-state index in [9.17, 15) is 0 Å². The van der Waals surface area contributed by atoms with Crippen LogP contribution in [0.3, 0.4) is 0 Å². The van der Waals surface area contributed by atoms with E-state index in [1.165, 1.54) is 0 Å². The van der Waals surface area contributed by atoms with Gasteiger partial charge in [0.2, 0.25) is 0 Å². The summed E-state index contributed by atoms with van der Waals surface area (Å²) in [4.78, 5) is 0. The first-order valence-corrected chi connectivity index (χ1v) is 6.17. The zero-order chi connectivity index (χ0) is 12.8. The molecule has 0 aliphatic carbocycles. The number of rotatable bonds is 6. The van der Waals surface area contributed by atoms with E-state index in [1.54, 1.807) is 14.2 Å². The normalized spacial score (nSPS) is 12.3. The van der Waals surface area contributed by atoms with E-state index >= 15 is 0 Å². The van der Waals surface area contributed by atoms with Gasteiger partial charge < -0.3 is 14.8 Å². The smallest absolute Gasteiger partial charge is 0.124 e. The van der Waals surface area contributed by atoms with Crippen LogP contribution in [0.5, 0.6) is 11.5 Å². The second kappa shape index (κ2) is 6.72. The molecule has 0 radical (unpaired) electrons. The number of nitrogens with one attached hydrogen (secondary N) is 1. The van der Waals surface area contributed by atoms with Crippen molar-refractivity contribution >= 4 is 11.6 Å². The summed E-state index contributed by atoms with van der Waals surface area (Å²) in [7, 11) is 5.27. The molecule has 3 nitrogen and oxygen atoms in total. The van der Waals surface area contributed by atoms with Crippen molar-refractivity contribution in [3.63, 3.8) is 0 Å². The van der Waals surface area contributed by atoms with Gasteiger partial charge in [0.05, 0.1) is 14.2 Å². The number of alkyl halides is 1. The Morgan fingerprint density at radius 3 is 2.35 bits per heavy atom. The third kappa shape index (κ3) is 3.27. The fourth-order valence-electron chi connectivity index (χ4n) is 1.91. The molecule has 1 rings (SSSR count). The summed E-state index contributed by atoms with van der Waals surface area (Å²) in [5, 5.41) is 3.24. The van der Waals surface area contributed by atoms with Crippen LogP contribution in [0.15, 0.2) is 12.1 Å². The molecule has 1 atom stereocenters.